The highest BCUT2D eigenvalue weighted by molar-refractivity contribution is 6.04. The van der Waals surface area contributed by atoms with Gasteiger partial charge in [0.05, 0.1) is 5.69 Å². The molecular weight excluding hydrogens is 392 g/mol. The first-order valence-electron chi connectivity index (χ1n) is 9.69. The van der Waals surface area contributed by atoms with Crippen LogP contribution in [0.15, 0.2) is 61.2 Å². The van der Waals surface area contributed by atoms with Crippen LogP contribution in [0.25, 0.3) is 5.82 Å². The number of anilines is 4. The van der Waals surface area contributed by atoms with E-state index in [2.05, 4.69) is 36.0 Å². The lowest BCUT2D eigenvalue weighted by atomic mass is 10.1. The Morgan fingerprint density at radius 2 is 1.81 bits per heavy atom. The summed E-state index contributed by atoms with van der Waals surface area (Å²) in [5, 5.41) is 13.9. The van der Waals surface area contributed by atoms with E-state index in [1.54, 1.807) is 36.3 Å². The monoisotopic (exact) mass is 414 g/mol. The number of aromatic nitrogens is 5. The number of rotatable bonds is 6. The van der Waals surface area contributed by atoms with E-state index in [4.69, 9.17) is 0 Å². The molecule has 0 spiro atoms. The van der Waals surface area contributed by atoms with E-state index in [0.717, 1.165) is 22.8 Å². The van der Waals surface area contributed by atoms with E-state index in [1.165, 1.54) is 6.33 Å². The summed E-state index contributed by atoms with van der Waals surface area (Å²) < 4.78 is 1.72. The molecule has 156 valence electrons. The number of carbonyl (C=O) groups is 1. The van der Waals surface area contributed by atoms with Gasteiger partial charge in [0, 0.05) is 48.5 Å². The molecule has 3 N–H and O–H groups in total. The van der Waals surface area contributed by atoms with Gasteiger partial charge in [-0.2, -0.15) is 9.78 Å². The SMILES string of the molecule is CNc1cc(-n2nc(C)cc2Nc2cc(NC(=O)c3ccncc3)ccc2C)ncn1. The molecule has 3 heterocycles. The maximum absolute atomic E-state index is 12.5. The van der Waals surface area contributed by atoms with E-state index in [1.807, 2.05) is 44.2 Å². The van der Waals surface area contributed by atoms with Gasteiger partial charge in [-0.25, -0.2) is 9.97 Å². The fraction of sp³-hybridized carbons (Fsp3) is 0.136. The van der Waals surface area contributed by atoms with Gasteiger partial charge in [-0.3, -0.25) is 9.78 Å². The van der Waals surface area contributed by atoms with Crippen LogP contribution in [-0.4, -0.2) is 37.7 Å². The summed E-state index contributed by atoms with van der Waals surface area (Å²) in [6, 6.07) is 12.8. The molecule has 0 aliphatic carbocycles. The number of benzene rings is 1. The van der Waals surface area contributed by atoms with Crippen molar-refractivity contribution in [1.82, 2.24) is 24.7 Å². The van der Waals surface area contributed by atoms with Crippen molar-refractivity contribution in [1.29, 1.82) is 0 Å². The van der Waals surface area contributed by atoms with E-state index < -0.39 is 0 Å². The Morgan fingerprint density at radius 1 is 1.00 bits per heavy atom. The second-order valence-corrected chi connectivity index (χ2v) is 6.94. The molecule has 0 aliphatic rings. The predicted octanol–water partition coefficient (Wildman–Crippen LogP) is 3.71. The summed E-state index contributed by atoms with van der Waals surface area (Å²) in [6.45, 7) is 3.91. The average molecular weight is 414 g/mol. The molecule has 0 unspecified atom stereocenters. The smallest absolute Gasteiger partial charge is 0.255 e. The first kappa shape index (κ1) is 20.0. The lowest BCUT2D eigenvalue weighted by molar-refractivity contribution is 0.102. The standard InChI is InChI=1S/C22H22N8O/c1-14-4-5-17(27-22(31)16-6-8-24-9-7-16)11-18(14)28-21-10-15(2)29-30(21)20-12-19(23-3)25-13-26-20/h4-13,28H,1-3H3,(H,27,31)(H,23,25,26). The third-order valence-corrected chi connectivity index (χ3v) is 4.66. The summed E-state index contributed by atoms with van der Waals surface area (Å²) in [4.78, 5) is 24.9. The predicted molar refractivity (Wildman–Crippen MR) is 120 cm³/mol. The summed E-state index contributed by atoms with van der Waals surface area (Å²) >= 11 is 0. The van der Waals surface area contributed by atoms with Gasteiger partial charge in [-0.1, -0.05) is 6.07 Å². The molecule has 4 aromatic rings. The van der Waals surface area contributed by atoms with Crippen LogP contribution in [0.3, 0.4) is 0 Å². The van der Waals surface area contributed by atoms with E-state index >= 15 is 0 Å². The van der Waals surface area contributed by atoms with Crippen LogP contribution < -0.4 is 16.0 Å². The quantitative estimate of drug-likeness (QED) is 0.441. The number of pyridine rings is 1. The third-order valence-electron chi connectivity index (χ3n) is 4.66. The minimum atomic E-state index is -0.196. The van der Waals surface area contributed by atoms with Gasteiger partial charge in [0.1, 0.15) is 18.0 Å². The largest absolute Gasteiger partial charge is 0.373 e. The summed E-state index contributed by atoms with van der Waals surface area (Å²) in [6.07, 6.45) is 4.67. The Balaban J connectivity index is 1.61. The summed E-state index contributed by atoms with van der Waals surface area (Å²) in [5.74, 6) is 1.88. The zero-order valence-corrected chi connectivity index (χ0v) is 17.4. The summed E-state index contributed by atoms with van der Waals surface area (Å²) in [5.41, 5.74) is 3.93. The van der Waals surface area contributed by atoms with Crippen molar-refractivity contribution in [2.45, 2.75) is 13.8 Å². The molecule has 1 aromatic carbocycles. The number of nitrogens with one attached hydrogen (secondary N) is 3. The van der Waals surface area contributed by atoms with Crippen LogP contribution in [-0.2, 0) is 0 Å². The Labute approximate surface area is 179 Å². The topological polar surface area (TPSA) is 110 Å². The first-order valence-corrected chi connectivity index (χ1v) is 9.69. The molecule has 0 fully saturated rings. The zero-order chi connectivity index (χ0) is 21.8. The Morgan fingerprint density at radius 3 is 2.58 bits per heavy atom. The fourth-order valence-electron chi connectivity index (χ4n) is 3.04. The van der Waals surface area contributed by atoms with Gasteiger partial charge >= 0.3 is 0 Å². The lowest BCUT2D eigenvalue weighted by Gasteiger charge is -2.14. The number of nitrogens with zero attached hydrogens (tertiary/aromatic N) is 5. The number of amides is 1. The van der Waals surface area contributed by atoms with Crippen LogP contribution >= 0.6 is 0 Å². The van der Waals surface area contributed by atoms with Crippen LogP contribution in [0.5, 0.6) is 0 Å². The maximum atomic E-state index is 12.5. The number of hydrogen-bond acceptors (Lipinski definition) is 7. The molecule has 9 heteroatoms. The van der Waals surface area contributed by atoms with Crippen LogP contribution in [0, 0.1) is 13.8 Å². The van der Waals surface area contributed by atoms with E-state index in [9.17, 15) is 4.79 Å². The Kier molecular flexibility index (Phi) is 5.57. The minimum absolute atomic E-state index is 0.196. The van der Waals surface area contributed by atoms with Crippen LogP contribution in [0.1, 0.15) is 21.6 Å². The minimum Gasteiger partial charge on any atom is -0.373 e. The van der Waals surface area contributed by atoms with E-state index in [-0.39, 0.29) is 5.91 Å². The highest BCUT2D eigenvalue weighted by atomic mass is 16.1. The van der Waals surface area contributed by atoms with E-state index in [0.29, 0.717) is 22.9 Å². The van der Waals surface area contributed by atoms with Crippen molar-refractivity contribution in [3.63, 3.8) is 0 Å². The van der Waals surface area contributed by atoms with Crippen molar-refractivity contribution in [3.8, 4) is 5.82 Å². The number of carbonyl (C=O) groups excluding carboxylic acids is 1. The zero-order valence-electron chi connectivity index (χ0n) is 17.4. The van der Waals surface area contributed by atoms with Crippen LogP contribution in [0.2, 0.25) is 0 Å². The molecule has 4 rings (SSSR count). The molecule has 1 amide bonds. The molecule has 0 bridgehead atoms. The molecule has 0 saturated heterocycles. The maximum Gasteiger partial charge on any atom is 0.255 e. The Bertz CT molecular complexity index is 1220. The highest BCUT2D eigenvalue weighted by Gasteiger charge is 2.12. The molecule has 9 nitrogen and oxygen atoms in total. The number of aryl methyl sites for hydroxylation is 2. The fourth-order valence-corrected chi connectivity index (χ4v) is 3.04. The molecule has 0 saturated carbocycles. The normalized spacial score (nSPS) is 10.5. The molecule has 0 radical (unpaired) electrons. The van der Waals surface area contributed by atoms with Gasteiger partial charge in [0.25, 0.3) is 5.91 Å². The number of hydrogen-bond donors (Lipinski definition) is 3. The molecule has 3 aromatic heterocycles. The van der Waals surface area contributed by atoms with Crippen molar-refractivity contribution < 1.29 is 4.79 Å². The van der Waals surface area contributed by atoms with Crippen LogP contribution in [0.4, 0.5) is 23.0 Å². The average Bonchev–Trinajstić information content (AvgIpc) is 3.16. The second kappa shape index (κ2) is 8.62. The van der Waals surface area contributed by atoms with Crippen molar-refractivity contribution >= 4 is 28.9 Å². The molecule has 31 heavy (non-hydrogen) atoms. The van der Waals surface area contributed by atoms with Gasteiger partial charge in [0.2, 0.25) is 0 Å². The molecule has 0 aliphatic heterocycles. The third kappa shape index (κ3) is 4.50. The summed E-state index contributed by atoms with van der Waals surface area (Å²) in [7, 11) is 1.80. The van der Waals surface area contributed by atoms with Gasteiger partial charge < -0.3 is 16.0 Å². The lowest BCUT2D eigenvalue weighted by Crippen LogP contribution is -2.12. The molecule has 0 atom stereocenters. The van der Waals surface area contributed by atoms with Gasteiger partial charge in [-0.15, -0.1) is 0 Å². The highest BCUT2D eigenvalue weighted by Crippen LogP contribution is 2.26. The van der Waals surface area contributed by atoms with Gasteiger partial charge in [0.15, 0.2) is 5.82 Å². The van der Waals surface area contributed by atoms with Gasteiger partial charge in [-0.05, 0) is 43.7 Å². The second-order valence-electron chi connectivity index (χ2n) is 6.94. The van der Waals surface area contributed by atoms with Crippen molar-refractivity contribution in [2.24, 2.45) is 0 Å². The van der Waals surface area contributed by atoms with Crippen molar-refractivity contribution in [3.05, 3.63) is 78.0 Å². The first-order chi connectivity index (χ1) is 15.0. The van der Waals surface area contributed by atoms with Crippen molar-refractivity contribution in [2.75, 3.05) is 23.0 Å². The molecular formula is C22H22N8O. The Hall–Kier alpha value is -4.27.